The number of fused-ring (bicyclic) bond motifs is 1. The zero-order valence-corrected chi connectivity index (χ0v) is 15.9. The molecule has 2 N–H and O–H groups in total. The van der Waals surface area contributed by atoms with Crippen LogP contribution in [0.1, 0.15) is 69.7 Å². The number of hydrogen-bond acceptors (Lipinski definition) is 2. The van der Waals surface area contributed by atoms with Gasteiger partial charge >= 0.3 is 0 Å². The molecule has 0 saturated carbocycles. The van der Waals surface area contributed by atoms with Crippen LogP contribution in [-0.2, 0) is 10.8 Å². The molecule has 2 aromatic rings. The van der Waals surface area contributed by atoms with E-state index >= 15 is 0 Å². The summed E-state index contributed by atoms with van der Waals surface area (Å²) in [6, 6.07) is 11.7. The second kappa shape index (κ2) is 5.94. The molecule has 0 atom stereocenters. The fraction of sp³-hybridized carbons (Fsp3) is 0.391. The van der Waals surface area contributed by atoms with E-state index in [0.29, 0.717) is 0 Å². The first-order valence-electron chi connectivity index (χ1n) is 8.96. The standard InChI is InChI=1S/C23H28O2/c1-15(12-16-6-9-20(24)21(25)13-16)17-7-8-18-19(14-17)23(4,5)11-10-22(18,2)3/h6-9,12-14,24-25H,10-11H2,1-5H3. The second-order valence-corrected chi connectivity index (χ2v) is 8.60. The number of benzene rings is 2. The van der Waals surface area contributed by atoms with Gasteiger partial charge in [0.2, 0.25) is 0 Å². The van der Waals surface area contributed by atoms with E-state index < -0.39 is 0 Å². The van der Waals surface area contributed by atoms with E-state index in [9.17, 15) is 10.2 Å². The molecule has 0 bridgehead atoms. The summed E-state index contributed by atoms with van der Waals surface area (Å²) in [6.45, 7) is 11.4. The van der Waals surface area contributed by atoms with Crippen molar-refractivity contribution in [2.45, 2.75) is 58.3 Å². The topological polar surface area (TPSA) is 40.5 Å². The molecule has 0 radical (unpaired) electrons. The van der Waals surface area contributed by atoms with Gasteiger partial charge < -0.3 is 10.2 Å². The Morgan fingerprint density at radius 2 is 1.48 bits per heavy atom. The van der Waals surface area contributed by atoms with E-state index in [2.05, 4.69) is 52.8 Å². The van der Waals surface area contributed by atoms with E-state index in [4.69, 9.17) is 0 Å². The van der Waals surface area contributed by atoms with Crippen LogP contribution < -0.4 is 0 Å². The first-order valence-corrected chi connectivity index (χ1v) is 8.96. The van der Waals surface area contributed by atoms with Crippen LogP contribution in [0.2, 0.25) is 0 Å². The summed E-state index contributed by atoms with van der Waals surface area (Å²) in [5, 5.41) is 19.2. The lowest BCUT2D eigenvalue weighted by molar-refractivity contribution is 0.332. The minimum atomic E-state index is -0.0902. The summed E-state index contributed by atoms with van der Waals surface area (Å²) >= 11 is 0. The van der Waals surface area contributed by atoms with Crippen LogP contribution in [0.3, 0.4) is 0 Å². The number of hydrogen-bond donors (Lipinski definition) is 2. The average molecular weight is 336 g/mol. The summed E-state index contributed by atoms with van der Waals surface area (Å²) in [7, 11) is 0. The molecule has 0 amide bonds. The summed E-state index contributed by atoms with van der Waals surface area (Å²) < 4.78 is 0. The Morgan fingerprint density at radius 1 is 0.840 bits per heavy atom. The van der Waals surface area contributed by atoms with E-state index in [-0.39, 0.29) is 22.3 Å². The van der Waals surface area contributed by atoms with Crippen molar-refractivity contribution in [1.82, 2.24) is 0 Å². The number of phenols is 2. The SMILES string of the molecule is CC(=Cc1ccc(O)c(O)c1)c1ccc2c(c1)C(C)(C)CCC2(C)C. The highest BCUT2D eigenvalue weighted by Crippen LogP contribution is 2.46. The quantitative estimate of drug-likeness (QED) is 0.521. The van der Waals surface area contributed by atoms with Gasteiger partial charge in [-0.1, -0.05) is 58.0 Å². The highest BCUT2D eigenvalue weighted by atomic mass is 16.3. The molecule has 0 saturated heterocycles. The molecule has 1 aliphatic rings. The van der Waals surface area contributed by atoms with Gasteiger partial charge in [-0.15, -0.1) is 0 Å². The molecule has 0 spiro atoms. The summed E-state index contributed by atoms with van der Waals surface area (Å²) in [6.07, 6.45) is 4.46. The maximum atomic E-state index is 9.69. The average Bonchev–Trinajstić information content (AvgIpc) is 2.55. The molecular weight excluding hydrogens is 308 g/mol. The van der Waals surface area contributed by atoms with Gasteiger partial charge in [0.15, 0.2) is 11.5 Å². The predicted octanol–water partition coefficient (Wildman–Crippen LogP) is 6.01. The number of phenolic OH excluding ortho intramolecular Hbond substituents is 2. The summed E-state index contributed by atoms with van der Waals surface area (Å²) in [5.74, 6) is -0.178. The molecule has 0 aliphatic heterocycles. The van der Waals surface area contributed by atoms with Gasteiger partial charge in [-0.2, -0.15) is 0 Å². The van der Waals surface area contributed by atoms with Crippen molar-refractivity contribution < 1.29 is 10.2 Å². The molecule has 3 rings (SSSR count). The van der Waals surface area contributed by atoms with Crippen LogP contribution in [-0.4, -0.2) is 10.2 Å². The van der Waals surface area contributed by atoms with Crippen molar-refractivity contribution in [3.63, 3.8) is 0 Å². The van der Waals surface area contributed by atoms with Crippen LogP contribution >= 0.6 is 0 Å². The lowest BCUT2D eigenvalue weighted by Crippen LogP contribution is -2.33. The van der Waals surface area contributed by atoms with Gasteiger partial charge in [-0.25, -0.2) is 0 Å². The normalized spacial score (nSPS) is 18.7. The maximum absolute atomic E-state index is 9.69. The van der Waals surface area contributed by atoms with Gasteiger partial charge in [-0.05, 0) is 70.6 Å². The third kappa shape index (κ3) is 3.30. The van der Waals surface area contributed by atoms with Crippen LogP contribution in [0.5, 0.6) is 11.5 Å². The van der Waals surface area contributed by atoms with Crippen molar-refractivity contribution >= 4 is 11.6 Å². The third-order valence-electron chi connectivity index (χ3n) is 5.69. The predicted molar refractivity (Wildman–Crippen MR) is 105 cm³/mol. The Labute approximate surface area is 150 Å². The molecule has 0 unspecified atom stereocenters. The third-order valence-corrected chi connectivity index (χ3v) is 5.69. The molecule has 0 fully saturated rings. The molecule has 25 heavy (non-hydrogen) atoms. The van der Waals surface area contributed by atoms with Crippen molar-refractivity contribution in [3.05, 3.63) is 58.7 Å². The van der Waals surface area contributed by atoms with Crippen LogP contribution in [0.25, 0.3) is 11.6 Å². The van der Waals surface area contributed by atoms with E-state index in [1.165, 1.54) is 35.6 Å². The van der Waals surface area contributed by atoms with E-state index in [1.807, 2.05) is 12.1 Å². The Bertz CT molecular complexity index is 841. The van der Waals surface area contributed by atoms with Gasteiger partial charge in [0, 0.05) is 0 Å². The molecule has 132 valence electrons. The van der Waals surface area contributed by atoms with Gasteiger partial charge in [-0.3, -0.25) is 0 Å². The fourth-order valence-electron chi connectivity index (χ4n) is 3.80. The molecule has 2 heteroatoms. The monoisotopic (exact) mass is 336 g/mol. The van der Waals surface area contributed by atoms with Crippen molar-refractivity contribution in [2.24, 2.45) is 0 Å². The number of rotatable bonds is 2. The second-order valence-electron chi connectivity index (χ2n) is 8.60. The zero-order valence-electron chi connectivity index (χ0n) is 15.9. The lowest BCUT2D eigenvalue weighted by atomic mass is 9.63. The Morgan fingerprint density at radius 3 is 2.12 bits per heavy atom. The highest BCUT2D eigenvalue weighted by Gasteiger charge is 2.36. The molecule has 1 aliphatic carbocycles. The summed E-state index contributed by atoms with van der Waals surface area (Å²) in [5.41, 5.74) is 6.56. The molecule has 2 nitrogen and oxygen atoms in total. The van der Waals surface area contributed by atoms with E-state index in [0.717, 1.165) is 11.1 Å². The van der Waals surface area contributed by atoms with Gasteiger partial charge in [0.1, 0.15) is 0 Å². The van der Waals surface area contributed by atoms with E-state index in [1.54, 1.807) is 6.07 Å². The van der Waals surface area contributed by atoms with Crippen LogP contribution in [0.15, 0.2) is 36.4 Å². The van der Waals surface area contributed by atoms with Gasteiger partial charge in [0.25, 0.3) is 0 Å². The van der Waals surface area contributed by atoms with Crippen molar-refractivity contribution in [3.8, 4) is 11.5 Å². The fourth-order valence-corrected chi connectivity index (χ4v) is 3.80. The Hall–Kier alpha value is -2.22. The maximum Gasteiger partial charge on any atom is 0.157 e. The number of aromatic hydroxyl groups is 2. The van der Waals surface area contributed by atoms with Gasteiger partial charge in [0.05, 0.1) is 0 Å². The molecular formula is C23H28O2. The Balaban J connectivity index is 2.03. The van der Waals surface area contributed by atoms with Crippen molar-refractivity contribution in [1.29, 1.82) is 0 Å². The Kier molecular flexibility index (Phi) is 4.18. The highest BCUT2D eigenvalue weighted by molar-refractivity contribution is 5.81. The van der Waals surface area contributed by atoms with Crippen LogP contribution in [0.4, 0.5) is 0 Å². The number of allylic oxidation sites excluding steroid dienone is 1. The van der Waals surface area contributed by atoms with Crippen LogP contribution in [0, 0.1) is 0 Å². The summed E-state index contributed by atoms with van der Waals surface area (Å²) in [4.78, 5) is 0. The first kappa shape index (κ1) is 17.6. The molecule has 0 aromatic heterocycles. The molecule has 2 aromatic carbocycles. The minimum Gasteiger partial charge on any atom is -0.504 e. The minimum absolute atomic E-state index is 0.0881. The first-order chi connectivity index (χ1) is 11.6. The smallest absolute Gasteiger partial charge is 0.157 e. The molecule has 0 heterocycles. The van der Waals surface area contributed by atoms with Crippen molar-refractivity contribution in [2.75, 3.05) is 0 Å². The zero-order chi connectivity index (χ0) is 18.4. The largest absolute Gasteiger partial charge is 0.504 e. The lowest BCUT2D eigenvalue weighted by Gasteiger charge is -2.42.